The molecule has 0 unspecified atom stereocenters. The minimum absolute atomic E-state index is 0.187. The Kier molecular flexibility index (Phi) is 8.13. The molecule has 0 saturated carbocycles. The Morgan fingerprint density at radius 1 is 1.09 bits per heavy atom. The van der Waals surface area contributed by atoms with Gasteiger partial charge in [-0.2, -0.15) is 4.40 Å². The predicted octanol–water partition coefficient (Wildman–Crippen LogP) is 4.06. The average Bonchev–Trinajstić information content (AvgIpc) is 2.70. The number of rotatable bonds is 9. The first-order chi connectivity index (χ1) is 15.3. The number of carbonyl (C=O) groups is 1. The summed E-state index contributed by atoms with van der Waals surface area (Å²) in [5, 5.41) is 18.9. The van der Waals surface area contributed by atoms with E-state index in [-0.39, 0.29) is 29.0 Å². The molecule has 180 valence electrons. The SMILES string of the molecule is CCN(CC)c1ccc(/C(COc2ccc(C(=O)O)c(O)c2)=N/S(C)(=O)=O)cc1C(C)(C)C. The van der Waals surface area contributed by atoms with Crippen LogP contribution in [0.3, 0.4) is 0 Å². The van der Waals surface area contributed by atoms with Gasteiger partial charge in [0.05, 0.1) is 12.0 Å². The molecule has 0 aliphatic carbocycles. The molecule has 0 radical (unpaired) electrons. The number of carboxylic acids is 1. The van der Waals surface area contributed by atoms with Gasteiger partial charge in [-0.15, -0.1) is 0 Å². The molecule has 0 amide bonds. The van der Waals surface area contributed by atoms with Gasteiger partial charge < -0.3 is 19.8 Å². The van der Waals surface area contributed by atoms with E-state index in [0.717, 1.165) is 30.6 Å². The normalized spacial score (nSPS) is 12.5. The first-order valence-corrected chi connectivity index (χ1v) is 12.5. The topological polar surface area (TPSA) is 116 Å². The summed E-state index contributed by atoms with van der Waals surface area (Å²) < 4.78 is 33.6. The Bertz CT molecular complexity index is 1150. The molecule has 0 atom stereocenters. The number of phenols is 1. The number of aromatic hydroxyl groups is 1. The molecule has 9 heteroatoms. The van der Waals surface area contributed by atoms with E-state index in [1.54, 1.807) is 0 Å². The third-order valence-corrected chi connectivity index (χ3v) is 5.65. The largest absolute Gasteiger partial charge is 0.507 e. The summed E-state index contributed by atoms with van der Waals surface area (Å²) in [6.45, 7) is 11.9. The number of benzene rings is 2. The van der Waals surface area contributed by atoms with Crippen LogP contribution < -0.4 is 9.64 Å². The Balaban J connectivity index is 2.49. The predicted molar refractivity (Wildman–Crippen MR) is 131 cm³/mol. The van der Waals surface area contributed by atoms with Gasteiger partial charge in [-0.1, -0.05) is 26.8 Å². The Morgan fingerprint density at radius 2 is 1.73 bits per heavy atom. The van der Waals surface area contributed by atoms with Crippen molar-refractivity contribution in [3.05, 3.63) is 53.1 Å². The highest BCUT2D eigenvalue weighted by atomic mass is 32.2. The van der Waals surface area contributed by atoms with Gasteiger partial charge in [0, 0.05) is 30.4 Å². The van der Waals surface area contributed by atoms with Crippen molar-refractivity contribution >= 4 is 27.4 Å². The molecule has 0 fully saturated rings. The number of sulfonamides is 1. The lowest BCUT2D eigenvalue weighted by Gasteiger charge is -2.30. The third kappa shape index (κ3) is 6.95. The van der Waals surface area contributed by atoms with Crippen molar-refractivity contribution in [1.82, 2.24) is 0 Å². The standard InChI is InChI=1S/C24H32N2O6S/c1-7-26(8-2)21-12-9-16(13-19(21)24(3,4)5)20(25-33(6,30)31)15-32-17-10-11-18(23(28)29)22(27)14-17/h9-14,27H,7-8,15H2,1-6H3,(H,28,29)/b25-20+. The maximum atomic E-state index is 12.0. The quantitative estimate of drug-likeness (QED) is 0.524. The minimum atomic E-state index is -3.72. The van der Waals surface area contributed by atoms with Crippen molar-refractivity contribution in [1.29, 1.82) is 0 Å². The molecule has 0 saturated heterocycles. The second-order valence-corrected chi connectivity index (χ2v) is 10.3. The number of hydrogen-bond donors (Lipinski definition) is 2. The number of nitrogens with zero attached hydrogens (tertiary/aromatic N) is 2. The molecule has 0 aliphatic rings. The average molecular weight is 477 g/mol. The second kappa shape index (κ2) is 10.2. The second-order valence-electron chi connectivity index (χ2n) is 8.70. The number of aromatic carboxylic acids is 1. The molecule has 0 spiro atoms. The molecule has 33 heavy (non-hydrogen) atoms. The minimum Gasteiger partial charge on any atom is -0.507 e. The molecular formula is C24H32N2O6S. The van der Waals surface area contributed by atoms with Crippen LogP contribution in [0.5, 0.6) is 11.5 Å². The molecule has 0 bridgehead atoms. The van der Waals surface area contributed by atoms with E-state index in [9.17, 15) is 18.3 Å². The maximum absolute atomic E-state index is 12.0. The van der Waals surface area contributed by atoms with Crippen LogP contribution in [0.4, 0.5) is 5.69 Å². The number of hydrogen-bond acceptors (Lipinski definition) is 6. The molecule has 2 aromatic carbocycles. The van der Waals surface area contributed by atoms with Crippen LogP contribution in [-0.4, -0.2) is 56.3 Å². The fraction of sp³-hybridized carbons (Fsp3) is 0.417. The molecule has 8 nitrogen and oxygen atoms in total. The summed E-state index contributed by atoms with van der Waals surface area (Å²) in [5.41, 5.74) is 2.47. The van der Waals surface area contributed by atoms with Crippen LogP contribution in [0.1, 0.15) is 56.1 Å². The molecule has 0 aromatic heterocycles. The van der Waals surface area contributed by atoms with Gasteiger partial charge in [-0.05, 0) is 49.1 Å². The smallest absolute Gasteiger partial charge is 0.339 e. The van der Waals surface area contributed by atoms with Crippen molar-refractivity contribution < 1.29 is 28.2 Å². The fourth-order valence-corrected chi connectivity index (χ4v) is 4.01. The summed E-state index contributed by atoms with van der Waals surface area (Å²) in [7, 11) is -3.72. The van der Waals surface area contributed by atoms with Crippen molar-refractivity contribution in [3.8, 4) is 11.5 Å². The van der Waals surface area contributed by atoms with E-state index in [1.165, 1.54) is 18.2 Å². The van der Waals surface area contributed by atoms with Crippen LogP contribution in [-0.2, 0) is 15.4 Å². The van der Waals surface area contributed by atoms with Gasteiger partial charge in [-0.25, -0.2) is 13.2 Å². The summed E-state index contributed by atoms with van der Waals surface area (Å²) in [5.74, 6) is -1.52. The Morgan fingerprint density at radius 3 is 2.21 bits per heavy atom. The van der Waals surface area contributed by atoms with Gasteiger partial charge >= 0.3 is 5.97 Å². The Labute approximate surface area is 195 Å². The van der Waals surface area contributed by atoms with Crippen molar-refractivity contribution in [2.24, 2.45) is 4.40 Å². The van der Waals surface area contributed by atoms with Gasteiger partial charge in [0.1, 0.15) is 23.7 Å². The molecule has 0 heterocycles. The molecular weight excluding hydrogens is 444 g/mol. The summed E-state index contributed by atoms with van der Waals surface area (Å²) in [6, 6.07) is 9.51. The number of anilines is 1. The fourth-order valence-electron chi connectivity index (χ4n) is 3.45. The monoisotopic (exact) mass is 476 g/mol. The number of ether oxygens (including phenoxy) is 1. The molecule has 2 aromatic rings. The van der Waals surface area contributed by atoms with Crippen LogP contribution in [0.2, 0.25) is 0 Å². The lowest BCUT2D eigenvalue weighted by atomic mass is 9.84. The summed E-state index contributed by atoms with van der Waals surface area (Å²) in [6.07, 6.45) is 1.01. The van der Waals surface area contributed by atoms with Crippen LogP contribution in [0, 0.1) is 0 Å². The van der Waals surface area contributed by atoms with Crippen molar-refractivity contribution in [2.45, 2.75) is 40.0 Å². The van der Waals surface area contributed by atoms with E-state index >= 15 is 0 Å². The van der Waals surface area contributed by atoms with Crippen molar-refractivity contribution in [2.75, 3.05) is 30.9 Å². The van der Waals surface area contributed by atoms with E-state index < -0.39 is 21.7 Å². The lowest BCUT2D eigenvalue weighted by molar-refractivity contribution is 0.0693. The zero-order valence-electron chi connectivity index (χ0n) is 19.9. The highest BCUT2D eigenvalue weighted by molar-refractivity contribution is 7.89. The van der Waals surface area contributed by atoms with Crippen molar-refractivity contribution in [3.63, 3.8) is 0 Å². The van der Waals surface area contributed by atoms with Crippen LogP contribution in [0.15, 0.2) is 40.8 Å². The molecule has 2 N–H and O–H groups in total. The van der Waals surface area contributed by atoms with E-state index in [1.807, 2.05) is 18.2 Å². The third-order valence-electron chi connectivity index (χ3n) is 5.09. The lowest BCUT2D eigenvalue weighted by Crippen LogP contribution is -2.27. The zero-order chi connectivity index (χ0) is 25.0. The highest BCUT2D eigenvalue weighted by Gasteiger charge is 2.22. The van der Waals surface area contributed by atoms with Gasteiger partial charge in [0.15, 0.2) is 0 Å². The van der Waals surface area contributed by atoms with Crippen LogP contribution >= 0.6 is 0 Å². The van der Waals surface area contributed by atoms with E-state index in [2.05, 4.69) is 43.9 Å². The van der Waals surface area contributed by atoms with Gasteiger partial charge in [-0.3, -0.25) is 0 Å². The zero-order valence-corrected chi connectivity index (χ0v) is 20.7. The van der Waals surface area contributed by atoms with Gasteiger partial charge in [0.25, 0.3) is 10.0 Å². The number of carboxylic acid groups (broad SMARTS) is 1. The van der Waals surface area contributed by atoms with Crippen LogP contribution in [0.25, 0.3) is 0 Å². The first kappa shape index (κ1) is 26.2. The molecule has 0 aliphatic heterocycles. The van der Waals surface area contributed by atoms with E-state index in [4.69, 9.17) is 9.84 Å². The highest BCUT2D eigenvalue weighted by Crippen LogP contribution is 2.33. The summed E-state index contributed by atoms with van der Waals surface area (Å²) in [4.78, 5) is 13.3. The molecule has 2 rings (SSSR count). The van der Waals surface area contributed by atoms with Gasteiger partial charge in [0.2, 0.25) is 0 Å². The maximum Gasteiger partial charge on any atom is 0.339 e. The Hall–Kier alpha value is -3.07. The first-order valence-electron chi connectivity index (χ1n) is 10.6. The van der Waals surface area contributed by atoms with E-state index in [0.29, 0.717) is 5.56 Å². The summed E-state index contributed by atoms with van der Waals surface area (Å²) >= 11 is 0.